The van der Waals surface area contributed by atoms with E-state index < -0.39 is 119 Å². The molecular weight excluding hydrogens is 813 g/mol. The molecule has 63 heavy (non-hydrogen) atoms. The van der Waals surface area contributed by atoms with Crippen molar-refractivity contribution in [3.05, 3.63) is 29.6 Å². The van der Waals surface area contributed by atoms with Gasteiger partial charge in [-0.05, 0) is 76.2 Å². The van der Waals surface area contributed by atoms with Crippen LogP contribution in [0, 0.1) is 29.1 Å². The van der Waals surface area contributed by atoms with Crippen molar-refractivity contribution in [3.63, 3.8) is 0 Å². The number of amides is 5. The lowest BCUT2D eigenvalue weighted by Crippen LogP contribution is -2.53. The van der Waals surface area contributed by atoms with E-state index in [1.54, 1.807) is 41.5 Å². The van der Waals surface area contributed by atoms with E-state index >= 15 is 0 Å². The number of nitrogens with one attached hydrogen (secondary N) is 3. The van der Waals surface area contributed by atoms with Crippen LogP contribution in [0.1, 0.15) is 159 Å². The van der Waals surface area contributed by atoms with Gasteiger partial charge < -0.3 is 31.7 Å². The number of hydrogen-bond donors (Lipinski definition) is 5. The summed E-state index contributed by atoms with van der Waals surface area (Å²) < 4.78 is 0. The zero-order valence-corrected chi connectivity index (χ0v) is 37.6. The van der Waals surface area contributed by atoms with E-state index in [0.29, 0.717) is 12.8 Å². The summed E-state index contributed by atoms with van der Waals surface area (Å²) in [6.07, 6.45) is 8.69. The molecular formula is C46H66N6O11. The average molecular weight is 879 g/mol. The number of carbonyl (C=O) groups is 10. The molecule has 1 aromatic heterocycles. The molecule has 0 unspecified atom stereocenters. The van der Waals surface area contributed by atoms with Crippen LogP contribution in [0.3, 0.4) is 0 Å². The third kappa shape index (κ3) is 14.1. The second-order valence-corrected chi connectivity index (χ2v) is 19.7. The molecule has 0 bridgehead atoms. The van der Waals surface area contributed by atoms with Gasteiger partial charge >= 0.3 is 5.97 Å². The number of primary amides is 1. The molecule has 2 aliphatic carbocycles. The van der Waals surface area contributed by atoms with E-state index in [4.69, 9.17) is 5.73 Å². The van der Waals surface area contributed by atoms with Crippen LogP contribution in [-0.2, 0) is 38.4 Å². The van der Waals surface area contributed by atoms with E-state index in [1.807, 2.05) is 0 Å². The summed E-state index contributed by atoms with van der Waals surface area (Å²) in [5.41, 5.74) is 3.34. The van der Waals surface area contributed by atoms with Gasteiger partial charge in [0.2, 0.25) is 23.5 Å². The van der Waals surface area contributed by atoms with Gasteiger partial charge in [0.05, 0.1) is 29.8 Å². The number of aromatic nitrogens is 1. The SMILES string of the molecule is CC(C)(C)NC(=O)C(=O)CC[C@H](NC(=O)c1ccncc1C(=O)O)C(=O)C[C@H](C(=O)N1CC(=O)C[C@H]1C(=O)C[C@H](C(=O)N[C@H](C(N)=O)C1CCCCC1)C1CCCCC1)C(C)(C)C. The minimum absolute atomic E-state index is 0.111. The van der Waals surface area contributed by atoms with Gasteiger partial charge in [-0.2, -0.15) is 0 Å². The third-order valence-electron chi connectivity index (χ3n) is 12.6. The number of carboxylic acid groups (broad SMARTS) is 1. The number of hydrogen-bond acceptors (Lipinski definition) is 11. The van der Waals surface area contributed by atoms with Crippen molar-refractivity contribution in [2.24, 2.45) is 34.8 Å². The Kier molecular flexibility index (Phi) is 17.4. The van der Waals surface area contributed by atoms with Crippen molar-refractivity contribution in [2.75, 3.05) is 6.54 Å². The summed E-state index contributed by atoms with van der Waals surface area (Å²) in [6.45, 7) is 9.74. The second-order valence-electron chi connectivity index (χ2n) is 19.7. The summed E-state index contributed by atoms with van der Waals surface area (Å²) >= 11 is 0. The highest BCUT2D eigenvalue weighted by molar-refractivity contribution is 6.36. The number of rotatable bonds is 19. The minimum atomic E-state index is -1.47. The van der Waals surface area contributed by atoms with E-state index in [-0.39, 0.29) is 42.4 Å². The second kappa shape index (κ2) is 21.8. The lowest BCUT2D eigenvalue weighted by atomic mass is 9.75. The molecule has 0 aromatic carbocycles. The molecule has 2 saturated carbocycles. The predicted octanol–water partition coefficient (Wildman–Crippen LogP) is 3.64. The maximum Gasteiger partial charge on any atom is 0.338 e. The molecule has 5 amide bonds. The summed E-state index contributed by atoms with van der Waals surface area (Å²) in [5, 5.41) is 17.7. The molecule has 0 radical (unpaired) electrons. The highest BCUT2D eigenvalue weighted by Crippen LogP contribution is 2.37. The summed E-state index contributed by atoms with van der Waals surface area (Å²) in [6, 6.07) is -2.42. The molecule has 0 spiro atoms. The van der Waals surface area contributed by atoms with Gasteiger partial charge in [0, 0.05) is 55.5 Å². The first-order chi connectivity index (χ1) is 29.5. The fraction of sp³-hybridized carbons (Fsp3) is 0.674. The molecule has 1 aromatic rings. The van der Waals surface area contributed by atoms with E-state index in [9.17, 15) is 53.1 Å². The smallest absolute Gasteiger partial charge is 0.338 e. The maximum atomic E-state index is 14.7. The lowest BCUT2D eigenvalue weighted by Gasteiger charge is -2.36. The molecule has 1 saturated heterocycles. The number of pyridine rings is 1. The highest BCUT2D eigenvalue weighted by Gasteiger charge is 2.46. The largest absolute Gasteiger partial charge is 0.478 e. The number of carbonyl (C=O) groups excluding carboxylic acids is 9. The van der Waals surface area contributed by atoms with Crippen LogP contribution < -0.4 is 21.7 Å². The monoisotopic (exact) mass is 878 g/mol. The minimum Gasteiger partial charge on any atom is -0.478 e. The number of Topliss-reactive ketones (excluding diaryl/α,β-unsaturated/α-hetero) is 4. The Morgan fingerprint density at radius 3 is 2.00 bits per heavy atom. The molecule has 1 aliphatic heterocycles. The number of aromatic carboxylic acids is 1. The zero-order chi connectivity index (χ0) is 46.8. The van der Waals surface area contributed by atoms with Crippen molar-refractivity contribution in [2.45, 2.75) is 162 Å². The van der Waals surface area contributed by atoms with Crippen LogP contribution >= 0.6 is 0 Å². The first kappa shape index (κ1) is 50.3. The van der Waals surface area contributed by atoms with Crippen molar-refractivity contribution in [1.82, 2.24) is 25.8 Å². The fourth-order valence-corrected chi connectivity index (χ4v) is 9.14. The molecule has 3 fully saturated rings. The standard InChI is InChI=1S/C46H66N6O11/c1-45(2,3)32(23-36(55)33(17-18-35(54)42(60)51-46(4,5)6)49-40(58)29-19-20-48-24-31(29)44(62)63)43(61)52-25-28(53)21-34(52)37(56)22-30(26-13-9-7-10-14-26)41(59)50-38(39(47)57)27-15-11-8-12-16-27/h19-20,24,26-27,30,32-34,38H,7-18,21-23,25H2,1-6H3,(H2,47,57)(H,49,58)(H,50,59)(H,51,60)(H,62,63)/t30-,32+,33-,34-,38-/m0/s1. The molecule has 5 atom stereocenters. The molecule has 6 N–H and O–H groups in total. The van der Waals surface area contributed by atoms with Gasteiger partial charge in [0.1, 0.15) is 6.04 Å². The van der Waals surface area contributed by atoms with Crippen molar-refractivity contribution in [3.8, 4) is 0 Å². The average Bonchev–Trinajstić information content (AvgIpc) is 3.62. The third-order valence-corrected chi connectivity index (χ3v) is 12.6. The number of likely N-dealkylation sites (tertiary alicyclic amines) is 1. The first-order valence-electron chi connectivity index (χ1n) is 22.3. The van der Waals surface area contributed by atoms with Crippen molar-refractivity contribution >= 4 is 58.6 Å². The van der Waals surface area contributed by atoms with Crippen molar-refractivity contribution in [1.29, 1.82) is 0 Å². The maximum absolute atomic E-state index is 14.7. The van der Waals surface area contributed by atoms with Crippen LogP contribution in [0.5, 0.6) is 0 Å². The first-order valence-corrected chi connectivity index (χ1v) is 22.3. The Morgan fingerprint density at radius 1 is 0.841 bits per heavy atom. The normalized spacial score (nSPS) is 19.6. The van der Waals surface area contributed by atoms with Gasteiger partial charge in [0.25, 0.3) is 11.8 Å². The summed E-state index contributed by atoms with van der Waals surface area (Å²) in [4.78, 5) is 139. The zero-order valence-electron chi connectivity index (χ0n) is 37.6. The van der Waals surface area contributed by atoms with Gasteiger partial charge in [-0.15, -0.1) is 0 Å². The predicted molar refractivity (Wildman–Crippen MR) is 230 cm³/mol. The lowest BCUT2D eigenvalue weighted by molar-refractivity contribution is -0.147. The van der Waals surface area contributed by atoms with Gasteiger partial charge in [-0.25, -0.2) is 4.79 Å². The van der Waals surface area contributed by atoms with Crippen LogP contribution in [0.15, 0.2) is 18.5 Å². The van der Waals surface area contributed by atoms with Gasteiger partial charge in [-0.1, -0.05) is 59.3 Å². The topological polar surface area (TPSA) is 269 Å². The summed E-state index contributed by atoms with van der Waals surface area (Å²) in [5.74, 6) is -9.78. The number of nitrogens with two attached hydrogens (primary N) is 1. The van der Waals surface area contributed by atoms with Gasteiger partial charge in [-0.3, -0.25) is 48.1 Å². The molecule has 4 rings (SSSR count). The Bertz CT molecular complexity index is 1920. The molecule has 2 heterocycles. The Balaban J connectivity index is 1.59. The van der Waals surface area contributed by atoms with Crippen LogP contribution in [-0.4, -0.2) is 104 Å². The van der Waals surface area contributed by atoms with Gasteiger partial charge in [0.15, 0.2) is 17.3 Å². The highest BCUT2D eigenvalue weighted by atomic mass is 16.4. The van der Waals surface area contributed by atoms with Crippen LogP contribution in [0.25, 0.3) is 0 Å². The van der Waals surface area contributed by atoms with Crippen molar-refractivity contribution < 1.29 is 53.1 Å². The van der Waals surface area contributed by atoms with Crippen LogP contribution in [0.2, 0.25) is 0 Å². The Hall–Kier alpha value is -5.35. The Morgan fingerprint density at radius 2 is 1.44 bits per heavy atom. The van der Waals surface area contributed by atoms with E-state index in [1.165, 1.54) is 11.1 Å². The molecule has 17 heteroatoms. The van der Waals surface area contributed by atoms with E-state index in [0.717, 1.165) is 63.6 Å². The number of nitrogens with zero attached hydrogens (tertiary/aromatic N) is 2. The summed E-state index contributed by atoms with van der Waals surface area (Å²) in [7, 11) is 0. The number of ketones is 4. The van der Waals surface area contributed by atoms with Crippen LogP contribution in [0.4, 0.5) is 0 Å². The molecule has 17 nitrogen and oxygen atoms in total. The Labute approximate surface area is 369 Å². The molecule has 3 aliphatic rings. The number of carboxylic acids is 1. The molecule has 346 valence electrons. The van der Waals surface area contributed by atoms with E-state index in [2.05, 4.69) is 20.9 Å². The quantitative estimate of drug-likeness (QED) is 0.125. The fourth-order valence-electron chi connectivity index (χ4n) is 9.14.